The van der Waals surface area contributed by atoms with Gasteiger partial charge in [0, 0.05) is 33.4 Å². The van der Waals surface area contributed by atoms with Gasteiger partial charge in [-0.3, -0.25) is 28.8 Å². The van der Waals surface area contributed by atoms with Gasteiger partial charge in [0.15, 0.2) is 11.4 Å². The number of amides is 6. The summed E-state index contributed by atoms with van der Waals surface area (Å²) in [6.07, 6.45) is -1.88. The number of nitrogens with one attached hydrogen (secondary N) is 6. The van der Waals surface area contributed by atoms with E-state index in [0.29, 0.717) is 59.6 Å². The molecule has 0 bridgehead atoms. The van der Waals surface area contributed by atoms with Crippen LogP contribution in [0.3, 0.4) is 0 Å². The maximum Gasteiger partial charge on any atom is 0.255 e. The van der Waals surface area contributed by atoms with E-state index in [1.54, 1.807) is 0 Å². The lowest BCUT2D eigenvalue weighted by atomic mass is 10.1. The molecule has 2 aromatic carbocycles. The molecule has 0 heterocycles. The van der Waals surface area contributed by atoms with E-state index < -0.39 is 72.3 Å². The third-order valence-electron chi connectivity index (χ3n) is 8.80. The van der Waals surface area contributed by atoms with Gasteiger partial charge in [0.25, 0.3) is 35.4 Å². The highest BCUT2D eigenvalue weighted by Crippen LogP contribution is 2.37. The van der Waals surface area contributed by atoms with E-state index in [1.807, 2.05) is 136 Å². The highest BCUT2D eigenvalue weighted by Gasteiger charge is 2.33. The number of carbonyl (C=O) groups excluding carboxylic acids is 6. The fourth-order valence-electron chi connectivity index (χ4n) is 5.18. The Hall–Kier alpha value is -0.760. The van der Waals surface area contributed by atoms with Crippen LogP contribution in [0.5, 0.6) is 0 Å². The van der Waals surface area contributed by atoms with Gasteiger partial charge < -0.3 is 81.5 Å². The van der Waals surface area contributed by atoms with Crippen molar-refractivity contribution in [2.24, 2.45) is 0 Å². The highest BCUT2D eigenvalue weighted by atomic mass is 127. The molecule has 2 rings (SSSR count). The Balaban J connectivity index is 1.74. The standard InChI is InChI=1S/C40H54I6N6O16/c1-19(55)33(57)49-31-27(43)21(25(41)23(29(31)45)37(61)51-39(3,63)17-53)35(59)47-7-5-9-65-11-13-67-15-16-68-14-12-66-10-6-8-48-36(60)22-26(42)24(38(62)52-40(4,64)18-54)30(46)32(28(22)44)50-34(58)20(2)56/h19-20,53-56,63-64H,5-18H2,1-4H3,(H,47,59)(H,48,60)(H,49,57)(H,50,58)(H,51,61)(H,52,62). The molecule has 6 amide bonds. The molecule has 4 unspecified atom stereocenters. The number of aliphatic hydroxyl groups excluding tert-OH is 4. The molecule has 382 valence electrons. The molecular weight excluding hydrogens is 1580 g/mol. The normalized spacial score (nSPS) is 13.9. The fourth-order valence-corrected chi connectivity index (χ4v) is 14.0. The second-order valence-electron chi connectivity index (χ2n) is 14.9. The number of hydrogen-bond donors (Lipinski definition) is 12. The first-order valence-corrected chi connectivity index (χ1v) is 26.9. The molecule has 0 aliphatic rings. The predicted octanol–water partition coefficient (Wildman–Crippen LogP) is 1.82. The van der Waals surface area contributed by atoms with Crippen LogP contribution in [0.25, 0.3) is 0 Å². The van der Waals surface area contributed by atoms with E-state index >= 15 is 0 Å². The molecule has 0 aliphatic carbocycles. The molecule has 0 aliphatic heterocycles. The van der Waals surface area contributed by atoms with E-state index in [9.17, 15) is 59.4 Å². The van der Waals surface area contributed by atoms with Gasteiger partial charge in [-0.15, -0.1) is 0 Å². The molecule has 0 saturated carbocycles. The van der Waals surface area contributed by atoms with Crippen molar-refractivity contribution >= 4 is 182 Å². The van der Waals surface area contributed by atoms with Crippen LogP contribution in [0.2, 0.25) is 0 Å². The zero-order chi connectivity index (χ0) is 51.5. The average molecular weight is 1640 g/mol. The molecule has 0 fully saturated rings. The van der Waals surface area contributed by atoms with Gasteiger partial charge >= 0.3 is 0 Å². The summed E-state index contributed by atoms with van der Waals surface area (Å²) in [6.45, 7) is 6.16. The zero-order valence-electron chi connectivity index (χ0n) is 37.1. The van der Waals surface area contributed by atoms with Gasteiger partial charge in [0.05, 0.1) is 101 Å². The SMILES string of the molecule is CC(O)C(=O)Nc1c(I)c(C(=O)NCCCOCCOCCOCCOCCCNC(=O)c2c(I)c(NC(=O)C(C)O)c(I)c(C(=O)NC(C)(O)CO)c2I)c(I)c(C(=O)NC(C)(O)CO)c1I. The van der Waals surface area contributed by atoms with Gasteiger partial charge in [-0.25, -0.2) is 0 Å². The third kappa shape index (κ3) is 19.9. The molecule has 68 heavy (non-hydrogen) atoms. The minimum Gasteiger partial charge on any atom is -0.391 e. The number of halogens is 6. The summed E-state index contributed by atoms with van der Waals surface area (Å²) >= 11 is 11.1. The molecule has 0 aromatic heterocycles. The number of anilines is 2. The van der Waals surface area contributed by atoms with Crippen molar-refractivity contribution in [1.82, 2.24) is 21.3 Å². The lowest BCUT2D eigenvalue weighted by Crippen LogP contribution is -2.49. The first-order valence-electron chi connectivity index (χ1n) is 20.4. The predicted molar refractivity (Wildman–Crippen MR) is 297 cm³/mol. The largest absolute Gasteiger partial charge is 0.391 e. The highest BCUT2D eigenvalue weighted by molar-refractivity contribution is 14.1. The second-order valence-corrected chi connectivity index (χ2v) is 21.4. The topological polar surface area (TPSA) is 333 Å². The summed E-state index contributed by atoms with van der Waals surface area (Å²) in [7, 11) is 0. The molecule has 28 heteroatoms. The summed E-state index contributed by atoms with van der Waals surface area (Å²) in [5, 5.41) is 74.3. The number of hydrogen-bond acceptors (Lipinski definition) is 16. The molecular formula is C40H54I6N6O16. The average Bonchev–Trinajstić information content (AvgIpc) is 3.25. The summed E-state index contributed by atoms with van der Waals surface area (Å²) in [6, 6.07) is 0. The van der Waals surface area contributed by atoms with Crippen molar-refractivity contribution in [2.75, 3.05) is 89.8 Å². The molecule has 2 aromatic rings. The summed E-state index contributed by atoms with van der Waals surface area (Å²) in [5.74, 6) is -4.19. The van der Waals surface area contributed by atoms with Crippen molar-refractivity contribution in [3.8, 4) is 0 Å². The molecule has 0 radical (unpaired) electrons. The van der Waals surface area contributed by atoms with Gasteiger partial charge in [0.2, 0.25) is 0 Å². The number of rotatable bonds is 29. The number of aliphatic hydroxyl groups is 6. The van der Waals surface area contributed by atoms with E-state index in [4.69, 9.17) is 18.9 Å². The van der Waals surface area contributed by atoms with E-state index in [2.05, 4.69) is 31.9 Å². The second kappa shape index (κ2) is 31.1. The van der Waals surface area contributed by atoms with Crippen molar-refractivity contribution in [3.63, 3.8) is 0 Å². The summed E-state index contributed by atoms with van der Waals surface area (Å²) < 4.78 is 23.9. The Morgan fingerprint density at radius 2 is 0.750 bits per heavy atom. The van der Waals surface area contributed by atoms with Gasteiger partial charge in [-0.1, -0.05) is 0 Å². The van der Waals surface area contributed by atoms with Gasteiger partial charge in [-0.05, 0) is 176 Å². The first-order chi connectivity index (χ1) is 31.8. The van der Waals surface area contributed by atoms with Crippen LogP contribution in [0, 0.1) is 21.4 Å². The summed E-state index contributed by atoms with van der Waals surface area (Å²) in [5.41, 5.74) is -3.53. The number of ether oxygens (including phenoxy) is 4. The maximum atomic E-state index is 13.4. The zero-order valence-corrected chi connectivity index (χ0v) is 50.0. The van der Waals surface area contributed by atoms with Crippen LogP contribution in [0.1, 0.15) is 82.0 Å². The van der Waals surface area contributed by atoms with Crippen LogP contribution in [0.4, 0.5) is 11.4 Å². The Labute approximate surface area is 474 Å². The molecule has 4 atom stereocenters. The van der Waals surface area contributed by atoms with E-state index in [-0.39, 0.29) is 74.2 Å². The smallest absolute Gasteiger partial charge is 0.255 e. The Bertz CT molecular complexity index is 1970. The van der Waals surface area contributed by atoms with Crippen LogP contribution in [0.15, 0.2) is 0 Å². The Kier molecular flexibility index (Phi) is 29.0. The van der Waals surface area contributed by atoms with Crippen LogP contribution < -0.4 is 31.9 Å². The lowest BCUT2D eigenvalue weighted by Gasteiger charge is -2.24. The Morgan fingerprint density at radius 1 is 0.485 bits per heavy atom. The Morgan fingerprint density at radius 3 is 1.01 bits per heavy atom. The first kappa shape index (κ1) is 63.4. The van der Waals surface area contributed by atoms with E-state index in [0.717, 1.165) is 0 Å². The van der Waals surface area contributed by atoms with Crippen molar-refractivity contribution in [3.05, 3.63) is 43.7 Å². The molecule has 0 spiro atoms. The quantitative estimate of drug-likeness (QED) is 0.0314. The molecule has 12 N–H and O–H groups in total. The van der Waals surface area contributed by atoms with Crippen molar-refractivity contribution in [1.29, 1.82) is 0 Å². The monoisotopic (exact) mass is 1640 g/mol. The van der Waals surface area contributed by atoms with Crippen LogP contribution in [-0.4, -0.2) is 169 Å². The molecule has 22 nitrogen and oxygen atoms in total. The van der Waals surface area contributed by atoms with Crippen LogP contribution in [-0.2, 0) is 28.5 Å². The van der Waals surface area contributed by atoms with E-state index in [1.165, 1.54) is 27.7 Å². The summed E-state index contributed by atoms with van der Waals surface area (Å²) in [4.78, 5) is 78.1. The van der Waals surface area contributed by atoms with Crippen molar-refractivity contribution < 1.29 is 78.4 Å². The number of benzene rings is 2. The number of carbonyl (C=O) groups is 6. The van der Waals surface area contributed by atoms with Gasteiger partial charge in [-0.2, -0.15) is 0 Å². The van der Waals surface area contributed by atoms with Gasteiger partial charge in [0.1, 0.15) is 12.2 Å². The van der Waals surface area contributed by atoms with Crippen molar-refractivity contribution in [2.45, 2.75) is 64.2 Å². The molecule has 0 saturated heterocycles. The lowest BCUT2D eigenvalue weighted by molar-refractivity contribution is -0.123. The third-order valence-corrected chi connectivity index (χ3v) is 15.3. The van der Waals surface area contributed by atoms with Crippen LogP contribution >= 0.6 is 136 Å². The minimum atomic E-state index is -1.96. The fraction of sp³-hybridized carbons (Fsp3) is 0.550. The minimum absolute atomic E-state index is 0.0178. The maximum absolute atomic E-state index is 13.4.